The van der Waals surface area contributed by atoms with Gasteiger partial charge in [0, 0.05) is 0 Å². The second-order valence-corrected chi connectivity index (χ2v) is 3.20. The van der Waals surface area contributed by atoms with E-state index in [1.165, 1.54) is 11.6 Å². The molecule has 0 atom stereocenters. The first-order valence-corrected chi connectivity index (χ1v) is 4.96. The molecule has 0 radical (unpaired) electrons. The van der Waals surface area contributed by atoms with Crippen LogP contribution in [-0.4, -0.2) is 5.91 Å². The van der Waals surface area contributed by atoms with Gasteiger partial charge < -0.3 is 5.73 Å². The van der Waals surface area contributed by atoms with E-state index < -0.39 is 0 Å². The summed E-state index contributed by atoms with van der Waals surface area (Å²) >= 11 is 0. The van der Waals surface area contributed by atoms with E-state index in [1.807, 2.05) is 18.2 Å². The van der Waals surface area contributed by atoms with Crippen LogP contribution in [0.25, 0.3) is 6.08 Å². The number of carbonyl (C=O) groups excluding carboxylic acids is 1. The first-order valence-electron chi connectivity index (χ1n) is 4.96. The number of hydrogen-bond acceptors (Lipinski definition) is 1. The van der Waals surface area contributed by atoms with E-state index in [2.05, 4.69) is 24.3 Å². The number of carbonyl (C=O) groups is 1. The van der Waals surface area contributed by atoms with Crippen molar-refractivity contribution in [3.63, 3.8) is 0 Å². The van der Waals surface area contributed by atoms with Crippen LogP contribution in [0, 0.1) is 0 Å². The Labute approximate surface area is 90.1 Å². The van der Waals surface area contributed by atoms with Crippen molar-refractivity contribution in [2.45, 2.75) is 12.8 Å². The molecule has 0 heterocycles. The van der Waals surface area contributed by atoms with Gasteiger partial charge in [0.25, 0.3) is 0 Å². The third kappa shape index (κ3) is 5.47. The standard InChI is InChI=1S/C13H15NO/c14-13(15)11-7-2-1-4-8-12-9-5-3-6-10-12/h3-11H,1-2H2,(H2,14,15)/b8-4-,11-7+. The molecular formula is C13H15NO. The van der Waals surface area contributed by atoms with Crippen LogP contribution in [0.15, 0.2) is 48.6 Å². The number of amides is 1. The maximum absolute atomic E-state index is 10.4. The lowest BCUT2D eigenvalue weighted by molar-refractivity contribution is -0.113. The van der Waals surface area contributed by atoms with Gasteiger partial charge in [-0.1, -0.05) is 48.6 Å². The van der Waals surface area contributed by atoms with Crippen LogP contribution in [0.3, 0.4) is 0 Å². The van der Waals surface area contributed by atoms with Crippen molar-refractivity contribution >= 4 is 12.0 Å². The van der Waals surface area contributed by atoms with Crippen LogP contribution < -0.4 is 5.73 Å². The van der Waals surface area contributed by atoms with Crippen LogP contribution in [-0.2, 0) is 4.79 Å². The normalized spacial score (nSPS) is 11.2. The lowest BCUT2D eigenvalue weighted by Gasteiger charge is -1.90. The smallest absolute Gasteiger partial charge is 0.241 e. The summed E-state index contributed by atoms with van der Waals surface area (Å²) in [5.74, 6) is -0.387. The maximum Gasteiger partial charge on any atom is 0.241 e. The monoisotopic (exact) mass is 201 g/mol. The number of primary amides is 1. The molecule has 0 aliphatic carbocycles. The molecule has 1 amide bonds. The summed E-state index contributed by atoms with van der Waals surface area (Å²) in [6.07, 6.45) is 9.09. The Balaban J connectivity index is 2.26. The number of rotatable bonds is 5. The van der Waals surface area contributed by atoms with E-state index >= 15 is 0 Å². The molecule has 0 spiro atoms. The fraction of sp³-hybridized carbons (Fsp3) is 0.154. The summed E-state index contributed by atoms with van der Waals surface area (Å²) in [6.45, 7) is 0. The molecule has 0 aromatic heterocycles. The molecule has 2 heteroatoms. The quantitative estimate of drug-likeness (QED) is 0.577. The Morgan fingerprint density at radius 2 is 1.80 bits per heavy atom. The van der Waals surface area contributed by atoms with Crippen molar-refractivity contribution in [1.29, 1.82) is 0 Å². The van der Waals surface area contributed by atoms with Gasteiger partial charge in [-0.2, -0.15) is 0 Å². The van der Waals surface area contributed by atoms with Gasteiger partial charge in [-0.3, -0.25) is 4.79 Å². The second kappa shape index (κ2) is 6.60. The van der Waals surface area contributed by atoms with E-state index in [0.29, 0.717) is 0 Å². The van der Waals surface area contributed by atoms with E-state index in [0.717, 1.165) is 12.8 Å². The average Bonchev–Trinajstić information content (AvgIpc) is 2.24. The topological polar surface area (TPSA) is 43.1 Å². The lowest BCUT2D eigenvalue weighted by atomic mass is 10.2. The first-order chi connectivity index (χ1) is 7.29. The van der Waals surface area contributed by atoms with Crippen molar-refractivity contribution in [2.24, 2.45) is 5.73 Å². The van der Waals surface area contributed by atoms with Gasteiger partial charge in [0.05, 0.1) is 0 Å². The van der Waals surface area contributed by atoms with Crippen molar-refractivity contribution in [3.8, 4) is 0 Å². The number of hydrogen-bond donors (Lipinski definition) is 1. The third-order valence-corrected chi connectivity index (χ3v) is 1.89. The molecule has 2 N–H and O–H groups in total. The van der Waals surface area contributed by atoms with Crippen LogP contribution in [0.5, 0.6) is 0 Å². The van der Waals surface area contributed by atoms with Crippen LogP contribution in [0.1, 0.15) is 18.4 Å². The minimum Gasteiger partial charge on any atom is -0.366 e. The largest absolute Gasteiger partial charge is 0.366 e. The predicted molar refractivity (Wildman–Crippen MR) is 63.0 cm³/mol. The number of unbranched alkanes of at least 4 members (excludes halogenated alkanes) is 1. The minimum absolute atomic E-state index is 0.387. The molecule has 0 aliphatic heterocycles. The van der Waals surface area contributed by atoms with Gasteiger partial charge in [-0.05, 0) is 24.5 Å². The molecule has 0 saturated carbocycles. The van der Waals surface area contributed by atoms with Crippen LogP contribution in [0.4, 0.5) is 0 Å². The fourth-order valence-electron chi connectivity index (χ4n) is 1.18. The molecule has 15 heavy (non-hydrogen) atoms. The minimum atomic E-state index is -0.387. The molecule has 2 nitrogen and oxygen atoms in total. The van der Waals surface area contributed by atoms with E-state index in [-0.39, 0.29) is 5.91 Å². The molecule has 1 rings (SSSR count). The van der Waals surface area contributed by atoms with Gasteiger partial charge in [-0.25, -0.2) is 0 Å². The predicted octanol–water partition coefficient (Wildman–Crippen LogP) is 2.52. The molecule has 1 aromatic carbocycles. The van der Waals surface area contributed by atoms with E-state index in [4.69, 9.17) is 5.73 Å². The third-order valence-electron chi connectivity index (χ3n) is 1.89. The molecule has 78 valence electrons. The van der Waals surface area contributed by atoms with Crippen molar-refractivity contribution < 1.29 is 4.79 Å². The van der Waals surface area contributed by atoms with Crippen LogP contribution >= 0.6 is 0 Å². The van der Waals surface area contributed by atoms with Gasteiger partial charge in [0.1, 0.15) is 0 Å². The maximum atomic E-state index is 10.4. The molecular weight excluding hydrogens is 186 g/mol. The molecule has 0 saturated heterocycles. The summed E-state index contributed by atoms with van der Waals surface area (Å²) < 4.78 is 0. The summed E-state index contributed by atoms with van der Waals surface area (Å²) in [4.78, 5) is 10.4. The Kier molecular flexibility index (Phi) is 4.95. The summed E-state index contributed by atoms with van der Waals surface area (Å²) in [6, 6.07) is 10.1. The molecule has 1 aromatic rings. The summed E-state index contributed by atoms with van der Waals surface area (Å²) in [5, 5.41) is 0. The van der Waals surface area contributed by atoms with Gasteiger partial charge >= 0.3 is 0 Å². The highest BCUT2D eigenvalue weighted by Gasteiger charge is 1.83. The van der Waals surface area contributed by atoms with E-state index in [1.54, 1.807) is 6.08 Å². The zero-order chi connectivity index (χ0) is 10.9. The molecule has 0 fully saturated rings. The van der Waals surface area contributed by atoms with E-state index in [9.17, 15) is 4.79 Å². The molecule has 0 aliphatic rings. The highest BCUT2D eigenvalue weighted by atomic mass is 16.1. The fourth-order valence-corrected chi connectivity index (χ4v) is 1.18. The number of allylic oxidation sites excluding steroid dienone is 2. The summed E-state index contributed by atoms with van der Waals surface area (Å²) in [7, 11) is 0. The first kappa shape index (κ1) is 11.2. The van der Waals surface area contributed by atoms with Crippen LogP contribution in [0.2, 0.25) is 0 Å². The van der Waals surface area contributed by atoms with Gasteiger partial charge in [0.15, 0.2) is 0 Å². The van der Waals surface area contributed by atoms with Crippen molar-refractivity contribution in [2.75, 3.05) is 0 Å². The van der Waals surface area contributed by atoms with Gasteiger partial charge in [0.2, 0.25) is 5.91 Å². The highest BCUT2D eigenvalue weighted by Crippen LogP contribution is 2.03. The molecule has 0 unspecified atom stereocenters. The second-order valence-electron chi connectivity index (χ2n) is 3.20. The Hall–Kier alpha value is -1.83. The number of benzene rings is 1. The number of nitrogens with two attached hydrogens (primary N) is 1. The molecule has 0 bridgehead atoms. The Morgan fingerprint density at radius 3 is 2.47 bits per heavy atom. The van der Waals surface area contributed by atoms with Crippen molar-refractivity contribution in [3.05, 3.63) is 54.1 Å². The summed E-state index contributed by atoms with van der Waals surface area (Å²) in [5.41, 5.74) is 6.15. The SMILES string of the molecule is NC(=O)/C=C/CC/C=C\c1ccccc1. The van der Waals surface area contributed by atoms with Gasteiger partial charge in [-0.15, -0.1) is 0 Å². The zero-order valence-electron chi connectivity index (χ0n) is 8.60. The zero-order valence-corrected chi connectivity index (χ0v) is 8.60. The average molecular weight is 201 g/mol. The highest BCUT2D eigenvalue weighted by molar-refractivity contribution is 5.85. The Morgan fingerprint density at radius 1 is 1.13 bits per heavy atom. The Bertz CT molecular complexity index is 352. The van der Waals surface area contributed by atoms with Crippen molar-refractivity contribution in [1.82, 2.24) is 0 Å². The lowest BCUT2D eigenvalue weighted by Crippen LogP contribution is -2.05.